The maximum absolute atomic E-state index is 2.31. The van der Waals surface area contributed by atoms with Crippen LogP contribution in [0.1, 0.15) is 52.7 Å². The van der Waals surface area contributed by atoms with Crippen molar-refractivity contribution in [2.24, 2.45) is 5.92 Å². The van der Waals surface area contributed by atoms with Gasteiger partial charge < -0.3 is 0 Å². The molecule has 0 aliphatic heterocycles. The van der Waals surface area contributed by atoms with E-state index in [-0.39, 0.29) is 5.41 Å². The first-order valence-electron chi connectivity index (χ1n) is 6.01. The molecule has 0 aliphatic carbocycles. The lowest BCUT2D eigenvalue weighted by Crippen LogP contribution is -2.24. The van der Waals surface area contributed by atoms with Gasteiger partial charge in [-0.1, -0.05) is 71.4 Å². The molecule has 0 fully saturated rings. The standard InChI is InChI=1S/C13H20.C2H6/c1-10(2)13(4,5)12-8-6-11(3)7-9-12;1-2/h6-10H,1-5H3;1-2H3. The lowest BCUT2D eigenvalue weighted by atomic mass is 9.75. The highest BCUT2D eigenvalue weighted by Crippen LogP contribution is 2.31. The van der Waals surface area contributed by atoms with Gasteiger partial charge in [-0.3, -0.25) is 0 Å². The molecule has 0 saturated carbocycles. The molecule has 15 heavy (non-hydrogen) atoms. The van der Waals surface area contributed by atoms with Crippen molar-refractivity contribution in [3.8, 4) is 0 Å². The van der Waals surface area contributed by atoms with Crippen molar-refractivity contribution >= 4 is 0 Å². The molecule has 0 saturated heterocycles. The van der Waals surface area contributed by atoms with Crippen LogP contribution in [-0.4, -0.2) is 0 Å². The Morgan fingerprint density at radius 1 is 0.933 bits per heavy atom. The Morgan fingerprint density at radius 3 is 1.67 bits per heavy atom. The van der Waals surface area contributed by atoms with Crippen molar-refractivity contribution in [1.29, 1.82) is 0 Å². The molecular formula is C15H26. The average molecular weight is 206 g/mol. The highest BCUT2D eigenvalue weighted by Gasteiger charge is 2.23. The quantitative estimate of drug-likeness (QED) is 0.642. The van der Waals surface area contributed by atoms with Gasteiger partial charge in [-0.25, -0.2) is 0 Å². The minimum absolute atomic E-state index is 0.285. The number of benzene rings is 1. The van der Waals surface area contributed by atoms with Gasteiger partial charge in [0, 0.05) is 0 Å². The van der Waals surface area contributed by atoms with Gasteiger partial charge in [0.2, 0.25) is 0 Å². The van der Waals surface area contributed by atoms with Crippen LogP contribution in [-0.2, 0) is 5.41 Å². The van der Waals surface area contributed by atoms with E-state index in [4.69, 9.17) is 0 Å². The Bertz CT molecular complexity index is 265. The normalized spacial score (nSPS) is 10.9. The Kier molecular flexibility index (Phi) is 5.64. The molecule has 0 radical (unpaired) electrons. The summed E-state index contributed by atoms with van der Waals surface area (Å²) in [5.41, 5.74) is 3.06. The van der Waals surface area contributed by atoms with E-state index >= 15 is 0 Å². The minimum atomic E-state index is 0.285. The Hall–Kier alpha value is -0.780. The molecule has 0 unspecified atom stereocenters. The Morgan fingerprint density at radius 2 is 1.33 bits per heavy atom. The third-order valence-electron chi connectivity index (χ3n) is 3.24. The van der Waals surface area contributed by atoms with Crippen LogP contribution >= 0.6 is 0 Å². The minimum Gasteiger partial charge on any atom is -0.0683 e. The zero-order valence-corrected chi connectivity index (χ0v) is 11.4. The lowest BCUT2D eigenvalue weighted by molar-refractivity contribution is 0.372. The molecule has 0 spiro atoms. The first-order valence-corrected chi connectivity index (χ1v) is 6.01. The van der Waals surface area contributed by atoms with Gasteiger partial charge in [-0.15, -0.1) is 0 Å². The van der Waals surface area contributed by atoms with Crippen LogP contribution in [0.2, 0.25) is 0 Å². The van der Waals surface area contributed by atoms with Gasteiger partial charge in [-0.2, -0.15) is 0 Å². The third kappa shape index (κ3) is 3.70. The van der Waals surface area contributed by atoms with Crippen molar-refractivity contribution in [3.63, 3.8) is 0 Å². The SMILES string of the molecule is CC.Cc1ccc(C(C)(C)C(C)C)cc1. The van der Waals surface area contributed by atoms with Crippen LogP contribution in [0.15, 0.2) is 24.3 Å². The molecule has 86 valence electrons. The topological polar surface area (TPSA) is 0 Å². The second-order valence-corrected chi connectivity index (χ2v) is 4.74. The molecule has 0 aliphatic rings. The molecule has 0 heteroatoms. The second kappa shape index (κ2) is 5.95. The number of hydrogen-bond donors (Lipinski definition) is 0. The molecule has 0 aromatic heterocycles. The van der Waals surface area contributed by atoms with Gasteiger partial charge in [0.15, 0.2) is 0 Å². The van der Waals surface area contributed by atoms with Crippen LogP contribution < -0.4 is 0 Å². The van der Waals surface area contributed by atoms with Crippen LogP contribution in [0, 0.1) is 12.8 Å². The van der Waals surface area contributed by atoms with E-state index < -0.39 is 0 Å². The summed E-state index contributed by atoms with van der Waals surface area (Å²) in [7, 11) is 0. The van der Waals surface area contributed by atoms with Crippen LogP contribution in [0.3, 0.4) is 0 Å². The summed E-state index contributed by atoms with van der Waals surface area (Å²) < 4.78 is 0. The maximum Gasteiger partial charge on any atom is -0.00806 e. The zero-order chi connectivity index (χ0) is 12.1. The van der Waals surface area contributed by atoms with Crippen molar-refractivity contribution < 1.29 is 0 Å². The second-order valence-electron chi connectivity index (χ2n) is 4.74. The molecule has 1 aromatic rings. The van der Waals surface area contributed by atoms with Gasteiger partial charge in [-0.05, 0) is 23.8 Å². The Labute approximate surface area is 95.7 Å². The van der Waals surface area contributed by atoms with Crippen molar-refractivity contribution in [2.75, 3.05) is 0 Å². The lowest BCUT2D eigenvalue weighted by Gasteiger charge is -2.29. The van der Waals surface area contributed by atoms with E-state index in [2.05, 4.69) is 58.9 Å². The van der Waals surface area contributed by atoms with Crippen LogP contribution in [0.5, 0.6) is 0 Å². The smallest absolute Gasteiger partial charge is 0.00806 e. The first kappa shape index (κ1) is 14.2. The average Bonchev–Trinajstić information content (AvgIpc) is 2.21. The number of hydrogen-bond acceptors (Lipinski definition) is 0. The number of aryl methyl sites for hydroxylation is 1. The summed E-state index contributed by atoms with van der Waals surface area (Å²) in [6, 6.07) is 8.88. The molecule has 1 rings (SSSR count). The van der Waals surface area contributed by atoms with E-state index in [1.165, 1.54) is 11.1 Å². The van der Waals surface area contributed by atoms with Crippen molar-refractivity contribution in [2.45, 2.75) is 53.9 Å². The summed E-state index contributed by atoms with van der Waals surface area (Å²) in [6.07, 6.45) is 0. The summed E-state index contributed by atoms with van der Waals surface area (Å²) in [6.45, 7) is 15.3. The third-order valence-corrected chi connectivity index (χ3v) is 3.24. The summed E-state index contributed by atoms with van der Waals surface area (Å²) in [5.74, 6) is 0.676. The van der Waals surface area contributed by atoms with Crippen molar-refractivity contribution in [3.05, 3.63) is 35.4 Å². The first-order chi connectivity index (χ1) is 6.94. The van der Waals surface area contributed by atoms with Gasteiger partial charge >= 0.3 is 0 Å². The fourth-order valence-electron chi connectivity index (χ4n) is 1.32. The molecule has 0 N–H and O–H groups in total. The van der Waals surface area contributed by atoms with E-state index in [9.17, 15) is 0 Å². The van der Waals surface area contributed by atoms with Gasteiger partial charge in [0.25, 0.3) is 0 Å². The molecular weight excluding hydrogens is 180 g/mol. The van der Waals surface area contributed by atoms with E-state index in [1.807, 2.05) is 13.8 Å². The van der Waals surface area contributed by atoms with Crippen LogP contribution in [0.25, 0.3) is 0 Å². The highest BCUT2D eigenvalue weighted by molar-refractivity contribution is 5.27. The van der Waals surface area contributed by atoms with E-state index in [0.29, 0.717) is 5.92 Å². The van der Waals surface area contributed by atoms with Crippen molar-refractivity contribution in [1.82, 2.24) is 0 Å². The largest absolute Gasteiger partial charge is 0.0683 e. The van der Waals surface area contributed by atoms with Crippen LogP contribution in [0.4, 0.5) is 0 Å². The monoisotopic (exact) mass is 206 g/mol. The predicted molar refractivity (Wildman–Crippen MR) is 70.4 cm³/mol. The molecule has 0 bridgehead atoms. The van der Waals surface area contributed by atoms with E-state index in [0.717, 1.165) is 0 Å². The van der Waals surface area contributed by atoms with E-state index in [1.54, 1.807) is 0 Å². The fourth-order valence-corrected chi connectivity index (χ4v) is 1.32. The molecule has 0 amide bonds. The fraction of sp³-hybridized carbons (Fsp3) is 0.600. The molecule has 0 heterocycles. The summed E-state index contributed by atoms with van der Waals surface area (Å²) >= 11 is 0. The Balaban J connectivity index is 0.000000921. The highest BCUT2D eigenvalue weighted by atomic mass is 14.3. The molecule has 1 aromatic carbocycles. The van der Waals surface area contributed by atoms with Gasteiger partial charge in [0.05, 0.1) is 0 Å². The number of rotatable bonds is 2. The summed E-state index contributed by atoms with van der Waals surface area (Å²) in [5, 5.41) is 0. The predicted octanol–water partition coefficient (Wildman–Crippen LogP) is 4.95. The maximum atomic E-state index is 2.31. The summed E-state index contributed by atoms with van der Waals surface area (Å²) in [4.78, 5) is 0. The molecule has 0 nitrogen and oxygen atoms in total. The van der Waals surface area contributed by atoms with Gasteiger partial charge in [0.1, 0.15) is 0 Å². The molecule has 0 atom stereocenters. The zero-order valence-electron chi connectivity index (χ0n) is 11.4.